The molecule has 1 N–H and O–H groups in total. The van der Waals surface area contributed by atoms with Crippen LogP contribution in [0.2, 0.25) is 5.02 Å². The number of anilines is 1. The lowest BCUT2D eigenvalue weighted by atomic mass is 10.0. The number of nitrogens with one attached hydrogen (secondary N) is 1. The highest BCUT2D eigenvalue weighted by Gasteiger charge is 2.38. The van der Waals surface area contributed by atoms with Gasteiger partial charge in [0, 0.05) is 5.02 Å². The van der Waals surface area contributed by atoms with E-state index in [-0.39, 0.29) is 17.5 Å². The number of carbonyl (C=O) groups is 1. The van der Waals surface area contributed by atoms with Crippen LogP contribution in [-0.4, -0.2) is 34.1 Å². The first-order valence-corrected chi connectivity index (χ1v) is 13.0. The van der Waals surface area contributed by atoms with Gasteiger partial charge in [0.25, 0.3) is 15.9 Å². The van der Waals surface area contributed by atoms with Crippen molar-refractivity contribution in [3.05, 3.63) is 82.9 Å². The number of hydrogen-bond acceptors (Lipinski definition) is 5. The minimum absolute atomic E-state index is 0.0814. The summed E-state index contributed by atoms with van der Waals surface area (Å²) in [4.78, 5) is 13.4. The summed E-state index contributed by atoms with van der Waals surface area (Å²) >= 11 is 5.94. The minimum atomic E-state index is -3.96. The minimum Gasteiger partial charge on any atom is -0.496 e. The van der Waals surface area contributed by atoms with Crippen LogP contribution in [0.4, 0.5) is 5.69 Å². The van der Waals surface area contributed by atoms with E-state index in [4.69, 9.17) is 21.1 Å². The molecule has 1 heterocycles. The van der Waals surface area contributed by atoms with Crippen molar-refractivity contribution in [3.63, 3.8) is 0 Å². The van der Waals surface area contributed by atoms with Gasteiger partial charge in [-0.05, 0) is 66.9 Å². The standard InChI is InChI=1S/C26H27ClN2O5S/c1-4-21(18-9-14-23(33-3)17(2)15-18)28-26(30)25-16-29(22-7-5-6-8-24(22)34-25)35(31,32)20-12-10-19(27)11-13-20/h5-15,21,25H,4,16H2,1-3H3,(H,28,30)/t21-,25+/m0/s1. The monoisotopic (exact) mass is 514 g/mol. The maximum absolute atomic E-state index is 13.5. The average molecular weight is 515 g/mol. The van der Waals surface area contributed by atoms with Crippen molar-refractivity contribution in [1.82, 2.24) is 5.32 Å². The molecule has 9 heteroatoms. The van der Waals surface area contributed by atoms with Gasteiger partial charge in [-0.15, -0.1) is 0 Å². The summed E-state index contributed by atoms with van der Waals surface area (Å²) in [6.45, 7) is 3.75. The fourth-order valence-corrected chi connectivity index (χ4v) is 5.71. The van der Waals surface area contributed by atoms with Crippen molar-refractivity contribution in [2.24, 2.45) is 0 Å². The van der Waals surface area contributed by atoms with E-state index in [1.807, 2.05) is 32.0 Å². The molecule has 0 fully saturated rings. The molecule has 0 spiro atoms. The number of fused-ring (bicyclic) bond motifs is 1. The van der Waals surface area contributed by atoms with E-state index in [1.54, 1.807) is 31.4 Å². The number of ether oxygens (including phenoxy) is 2. The van der Waals surface area contributed by atoms with Gasteiger partial charge in [0.15, 0.2) is 6.10 Å². The highest BCUT2D eigenvalue weighted by atomic mass is 35.5. The van der Waals surface area contributed by atoms with E-state index in [0.717, 1.165) is 16.9 Å². The molecule has 0 saturated heterocycles. The lowest BCUT2D eigenvalue weighted by molar-refractivity contribution is -0.128. The lowest BCUT2D eigenvalue weighted by Gasteiger charge is -2.35. The molecule has 3 aromatic carbocycles. The van der Waals surface area contributed by atoms with Crippen molar-refractivity contribution in [2.45, 2.75) is 37.3 Å². The highest BCUT2D eigenvalue weighted by molar-refractivity contribution is 7.92. The van der Waals surface area contributed by atoms with Crippen molar-refractivity contribution in [3.8, 4) is 11.5 Å². The summed E-state index contributed by atoms with van der Waals surface area (Å²) in [6.07, 6.45) is -0.381. The predicted octanol–water partition coefficient (Wildman–Crippen LogP) is 4.88. The number of sulfonamides is 1. The fraction of sp³-hybridized carbons (Fsp3) is 0.269. The van der Waals surface area contributed by atoms with Crippen LogP contribution in [0.5, 0.6) is 11.5 Å². The Labute approximate surface area is 210 Å². The molecule has 35 heavy (non-hydrogen) atoms. The molecule has 2 atom stereocenters. The largest absolute Gasteiger partial charge is 0.496 e. The van der Waals surface area contributed by atoms with E-state index in [0.29, 0.717) is 22.9 Å². The highest BCUT2D eigenvalue weighted by Crippen LogP contribution is 2.37. The molecule has 0 aliphatic carbocycles. The summed E-state index contributed by atoms with van der Waals surface area (Å²) in [5.41, 5.74) is 2.27. The third-order valence-corrected chi connectivity index (χ3v) is 8.02. The first kappa shape index (κ1) is 24.9. The number of para-hydroxylation sites is 2. The number of halogens is 1. The topological polar surface area (TPSA) is 84.9 Å². The molecule has 1 aliphatic heterocycles. The van der Waals surface area contributed by atoms with Gasteiger partial charge in [-0.2, -0.15) is 0 Å². The first-order valence-electron chi connectivity index (χ1n) is 11.2. The number of rotatable bonds is 7. The van der Waals surface area contributed by atoms with Crippen molar-refractivity contribution in [1.29, 1.82) is 0 Å². The van der Waals surface area contributed by atoms with Crippen molar-refractivity contribution >= 4 is 33.2 Å². The first-order chi connectivity index (χ1) is 16.7. The van der Waals surface area contributed by atoms with Crippen LogP contribution in [-0.2, 0) is 14.8 Å². The van der Waals surface area contributed by atoms with Gasteiger partial charge in [-0.1, -0.05) is 42.8 Å². The maximum atomic E-state index is 13.5. The van der Waals surface area contributed by atoms with Crippen LogP contribution in [0.3, 0.4) is 0 Å². The smallest absolute Gasteiger partial charge is 0.264 e. The van der Waals surface area contributed by atoms with E-state index >= 15 is 0 Å². The Bertz CT molecular complexity index is 1330. The molecule has 1 aliphatic rings. The van der Waals surface area contributed by atoms with E-state index < -0.39 is 22.0 Å². The zero-order valence-electron chi connectivity index (χ0n) is 19.7. The van der Waals surface area contributed by atoms with Crippen LogP contribution in [0.25, 0.3) is 0 Å². The summed E-state index contributed by atoms with van der Waals surface area (Å²) in [6, 6.07) is 18.2. The Morgan fingerprint density at radius 3 is 2.54 bits per heavy atom. The molecule has 184 valence electrons. The Morgan fingerprint density at radius 2 is 1.89 bits per heavy atom. The quantitative estimate of drug-likeness (QED) is 0.485. The zero-order valence-corrected chi connectivity index (χ0v) is 21.3. The number of amides is 1. The number of hydrogen-bond donors (Lipinski definition) is 1. The summed E-state index contributed by atoms with van der Waals surface area (Å²) in [5.74, 6) is 0.700. The third-order valence-electron chi connectivity index (χ3n) is 5.97. The maximum Gasteiger partial charge on any atom is 0.264 e. The zero-order chi connectivity index (χ0) is 25.2. The van der Waals surface area contributed by atoms with Crippen LogP contribution in [0.15, 0.2) is 71.6 Å². The van der Waals surface area contributed by atoms with E-state index in [1.165, 1.54) is 28.6 Å². The number of aryl methyl sites for hydroxylation is 1. The molecular formula is C26H27ClN2O5S. The van der Waals surface area contributed by atoms with E-state index in [2.05, 4.69) is 5.32 Å². The molecule has 0 saturated carbocycles. The summed E-state index contributed by atoms with van der Waals surface area (Å²) in [7, 11) is -2.34. The third kappa shape index (κ3) is 5.09. The van der Waals surface area contributed by atoms with Gasteiger partial charge < -0.3 is 14.8 Å². The van der Waals surface area contributed by atoms with Gasteiger partial charge in [-0.25, -0.2) is 8.42 Å². The molecule has 7 nitrogen and oxygen atoms in total. The second-order valence-corrected chi connectivity index (χ2v) is 10.6. The summed E-state index contributed by atoms with van der Waals surface area (Å²) in [5, 5.41) is 3.46. The molecule has 1 amide bonds. The normalized spacial score (nSPS) is 16.1. The van der Waals surface area contributed by atoms with E-state index in [9.17, 15) is 13.2 Å². The van der Waals surface area contributed by atoms with Gasteiger partial charge in [0.05, 0.1) is 30.3 Å². The van der Waals surface area contributed by atoms with Crippen molar-refractivity contribution in [2.75, 3.05) is 18.0 Å². The Hall–Kier alpha value is -3.23. The predicted molar refractivity (Wildman–Crippen MR) is 136 cm³/mol. The Kier molecular flexibility index (Phi) is 7.23. The second-order valence-electron chi connectivity index (χ2n) is 8.26. The molecule has 4 rings (SSSR count). The SMILES string of the molecule is CC[C@H](NC(=O)[C@H]1CN(S(=O)(=O)c2ccc(Cl)cc2)c2ccccc2O1)c1ccc(OC)c(C)c1. The molecule has 3 aromatic rings. The van der Waals surface area contributed by atoms with Gasteiger partial charge in [0.2, 0.25) is 0 Å². The van der Waals surface area contributed by atoms with Crippen LogP contribution in [0, 0.1) is 6.92 Å². The molecule has 0 bridgehead atoms. The summed E-state index contributed by atoms with van der Waals surface area (Å²) < 4.78 is 39.5. The Morgan fingerprint density at radius 1 is 1.17 bits per heavy atom. The number of carbonyl (C=O) groups excluding carboxylic acids is 1. The van der Waals surface area contributed by atoms with Gasteiger partial charge >= 0.3 is 0 Å². The van der Waals surface area contributed by atoms with Crippen molar-refractivity contribution < 1.29 is 22.7 Å². The lowest BCUT2D eigenvalue weighted by Crippen LogP contribution is -2.51. The molecule has 0 unspecified atom stereocenters. The number of benzene rings is 3. The second kappa shape index (κ2) is 10.2. The number of nitrogens with zero attached hydrogens (tertiary/aromatic N) is 1. The van der Waals surface area contributed by atoms with Crippen LogP contribution >= 0.6 is 11.6 Å². The van der Waals surface area contributed by atoms with Crippen LogP contribution < -0.4 is 19.1 Å². The molecular weight excluding hydrogens is 488 g/mol. The average Bonchev–Trinajstić information content (AvgIpc) is 2.86. The molecule has 0 radical (unpaired) electrons. The van der Waals surface area contributed by atoms with Gasteiger partial charge in [0.1, 0.15) is 11.5 Å². The molecule has 0 aromatic heterocycles. The van der Waals surface area contributed by atoms with Gasteiger partial charge in [-0.3, -0.25) is 9.10 Å². The Balaban J connectivity index is 1.61. The fourth-order valence-electron chi connectivity index (χ4n) is 4.10. The van der Waals surface area contributed by atoms with Crippen LogP contribution in [0.1, 0.15) is 30.5 Å². The number of methoxy groups -OCH3 is 1.